The molecule has 0 unspecified atom stereocenters. The molecule has 3 heterocycles. The number of thioether (sulfide) groups is 1. The van der Waals surface area contributed by atoms with Crippen LogP contribution in [0.3, 0.4) is 0 Å². The van der Waals surface area contributed by atoms with Crippen molar-refractivity contribution in [3.8, 4) is 0 Å². The summed E-state index contributed by atoms with van der Waals surface area (Å²) in [5.74, 6) is 0.752. The SMILES string of the molecule is CSCC[C@H](NC(C)=O)C(=O)N1CCC2(CC1)OCCc1sccc12. The molecular formula is C18H26N2O3S2. The molecule has 0 bridgehead atoms. The van der Waals surface area contributed by atoms with Crippen molar-refractivity contribution >= 4 is 34.9 Å². The average Bonchev–Trinajstić information content (AvgIpc) is 3.09. The molecule has 1 spiro atoms. The van der Waals surface area contributed by atoms with Crippen LogP contribution in [0.2, 0.25) is 0 Å². The Kier molecular flexibility index (Phi) is 6.07. The van der Waals surface area contributed by atoms with Crippen molar-refractivity contribution in [1.29, 1.82) is 0 Å². The van der Waals surface area contributed by atoms with E-state index in [2.05, 4.69) is 16.8 Å². The summed E-state index contributed by atoms with van der Waals surface area (Å²) in [6.45, 7) is 3.61. The molecule has 0 radical (unpaired) electrons. The summed E-state index contributed by atoms with van der Waals surface area (Å²) in [6.07, 6.45) is 5.34. The fourth-order valence-corrected chi connectivity index (χ4v) is 5.24. The molecule has 1 N–H and O–H groups in total. The third-order valence-corrected chi connectivity index (χ3v) is 6.74. The van der Waals surface area contributed by atoms with Crippen LogP contribution in [0.1, 0.15) is 36.6 Å². The first-order chi connectivity index (χ1) is 12.1. The van der Waals surface area contributed by atoms with E-state index in [9.17, 15) is 9.59 Å². The van der Waals surface area contributed by atoms with Crippen LogP contribution in [-0.2, 0) is 26.3 Å². The summed E-state index contributed by atoms with van der Waals surface area (Å²) in [4.78, 5) is 27.6. The zero-order chi connectivity index (χ0) is 17.9. The highest BCUT2D eigenvalue weighted by atomic mass is 32.2. The number of amides is 2. The summed E-state index contributed by atoms with van der Waals surface area (Å²) in [5.41, 5.74) is 1.12. The number of rotatable bonds is 5. The maximum absolute atomic E-state index is 12.9. The van der Waals surface area contributed by atoms with E-state index in [0.717, 1.165) is 31.6 Å². The Bertz CT molecular complexity index is 624. The lowest BCUT2D eigenvalue weighted by molar-refractivity contribution is -0.144. The van der Waals surface area contributed by atoms with Crippen molar-refractivity contribution in [2.75, 3.05) is 31.7 Å². The van der Waals surface area contributed by atoms with Gasteiger partial charge in [-0.15, -0.1) is 11.3 Å². The Morgan fingerprint density at radius 1 is 1.44 bits per heavy atom. The number of carbonyl (C=O) groups is 2. The Balaban J connectivity index is 1.65. The molecule has 1 atom stereocenters. The van der Waals surface area contributed by atoms with Crippen LogP contribution >= 0.6 is 23.1 Å². The van der Waals surface area contributed by atoms with Crippen molar-refractivity contribution in [2.24, 2.45) is 0 Å². The van der Waals surface area contributed by atoms with Crippen molar-refractivity contribution in [1.82, 2.24) is 10.2 Å². The molecule has 0 saturated carbocycles. The van der Waals surface area contributed by atoms with Crippen LogP contribution in [0.15, 0.2) is 11.4 Å². The predicted octanol–water partition coefficient (Wildman–Crippen LogP) is 2.40. The maximum atomic E-state index is 12.9. The van der Waals surface area contributed by atoms with Gasteiger partial charge in [0.15, 0.2) is 0 Å². The van der Waals surface area contributed by atoms with Crippen molar-refractivity contribution in [3.05, 3.63) is 21.9 Å². The van der Waals surface area contributed by atoms with Gasteiger partial charge in [0.2, 0.25) is 11.8 Å². The third kappa shape index (κ3) is 4.04. The summed E-state index contributed by atoms with van der Waals surface area (Å²) in [7, 11) is 0. The Morgan fingerprint density at radius 3 is 2.88 bits per heavy atom. The van der Waals surface area contributed by atoms with E-state index >= 15 is 0 Å². The second-order valence-electron chi connectivity index (χ2n) is 6.71. The first-order valence-electron chi connectivity index (χ1n) is 8.81. The summed E-state index contributed by atoms with van der Waals surface area (Å²) in [6, 6.07) is 1.78. The number of thiophene rings is 1. The first kappa shape index (κ1) is 18.7. The zero-order valence-electron chi connectivity index (χ0n) is 14.9. The largest absolute Gasteiger partial charge is 0.370 e. The minimum Gasteiger partial charge on any atom is -0.370 e. The summed E-state index contributed by atoms with van der Waals surface area (Å²) < 4.78 is 6.20. The molecule has 3 rings (SSSR count). The molecule has 2 amide bonds. The van der Waals surface area contributed by atoms with Crippen LogP contribution in [0, 0.1) is 0 Å². The van der Waals surface area contributed by atoms with Gasteiger partial charge in [0, 0.05) is 31.3 Å². The van der Waals surface area contributed by atoms with E-state index in [-0.39, 0.29) is 17.4 Å². The lowest BCUT2D eigenvalue weighted by Crippen LogP contribution is -2.53. The number of likely N-dealkylation sites (tertiary alicyclic amines) is 1. The van der Waals surface area contributed by atoms with E-state index in [1.54, 1.807) is 11.8 Å². The maximum Gasteiger partial charge on any atom is 0.245 e. The van der Waals surface area contributed by atoms with E-state index < -0.39 is 6.04 Å². The highest BCUT2D eigenvalue weighted by Crippen LogP contribution is 2.43. The number of ether oxygens (including phenoxy) is 1. The molecule has 1 saturated heterocycles. The van der Waals surface area contributed by atoms with Gasteiger partial charge in [0.25, 0.3) is 0 Å². The number of fused-ring (bicyclic) bond motifs is 2. The lowest BCUT2D eigenvalue weighted by atomic mass is 9.82. The van der Waals surface area contributed by atoms with Gasteiger partial charge in [-0.05, 0) is 48.3 Å². The van der Waals surface area contributed by atoms with Crippen LogP contribution in [0.25, 0.3) is 0 Å². The number of piperidine rings is 1. The normalized spacial score (nSPS) is 20.2. The van der Waals surface area contributed by atoms with Crippen molar-refractivity contribution in [2.45, 2.75) is 44.2 Å². The molecule has 138 valence electrons. The van der Waals surface area contributed by atoms with E-state index in [4.69, 9.17) is 4.74 Å². The lowest BCUT2D eigenvalue weighted by Gasteiger charge is -2.44. The van der Waals surface area contributed by atoms with Gasteiger partial charge in [-0.2, -0.15) is 11.8 Å². The second kappa shape index (κ2) is 8.10. The smallest absolute Gasteiger partial charge is 0.245 e. The molecule has 0 aliphatic carbocycles. The van der Waals surface area contributed by atoms with Gasteiger partial charge in [-0.3, -0.25) is 9.59 Å². The standard InChI is InChI=1S/C18H26N2O3S2/c1-13(21)19-15(5-11-24-2)17(22)20-8-6-18(7-9-20)14-4-12-25-16(14)3-10-23-18/h4,12,15H,3,5-11H2,1-2H3,(H,19,21)/t15-/m0/s1. The molecule has 1 aromatic heterocycles. The number of nitrogens with zero attached hydrogens (tertiary/aromatic N) is 1. The predicted molar refractivity (Wildman–Crippen MR) is 102 cm³/mol. The van der Waals surface area contributed by atoms with Gasteiger partial charge < -0.3 is 15.0 Å². The van der Waals surface area contributed by atoms with Crippen LogP contribution < -0.4 is 5.32 Å². The molecule has 0 aromatic carbocycles. The molecule has 2 aliphatic heterocycles. The molecule has 2 aliphatic rings. The highest BCUT2D eigenvalue weighted by Gasteiger charge is 2.42. The number of hydrogen-bond acceptors (Lipinski definition) is 5. The quantitative estimate of drug-likeness (QED) is 0.850. The Morgan fingerprint density at radius 2 is 2.20 bits per heavy atom. The van der Waals surface area contributed by atoms with E-state index in [1.807, 2.05) is 22.5 Å². The first-order valence-corrected chi connectivity index (χ1v) is 11.1. The van der Waals surface area contributed by atoms with Crippen molar-refractivity contribution in [3.63, 3.8) is 0 Å². The number of carbonyl (C=O) groups excluding carboxylic acids is 2. The minimum atomic E-state index is -0.414. The average molecular weight is 383 g/mol. The highest BCUT2D eigenvalue weighted by molar-refractivity contribution is 7.98. The third-order valence-electron chi connectivity index (χ3n) is 5.11. The molecule has 5 nitrogen and oxygen atoms in total. The molecule has 1 aromatic rings. The summed E-state index contributed by atoms with van der Waals surface area (Å²) in [5, 5.41) is 4.97. The molecular weight excluding hydrogens is 356 g/mol. The topological polar surface area (TPSA) is 58.6 Å². The van der Waals surface area contributed by atoms with Gasteiger partial charge in [0.05, 0.1) is 12.2 Å². The number of hydrogen-bond donors (Lipinski definition) is 1. The van der Waals surface area contributed by atoms with Crippen LogP contribution in [0.5, 0.6) is 0 Å². The van der Waals surface area contributed by atoms with Crippen LogP contribution in [0.4, 0.5) is 0 Å². The van der Waals surface area contributed by atoms with E-state index in [0.29, 0.717) is 19.5 Å². The zero-order valence-corrected chi connectivity index (χ0v) is 16.5. The fraction of sp³-hybridized carbons (Fsp3) is 0.667. The fourth-order valence-electron chi connectivity index (χ4n) is 3.82. The summed E-state index contributed by atoms with van der Waals surface area (Å²) >= 11 is 3.50. The second-order valence-corrected chi connectivity index (χ2v) is 8.70. The van der Waals surface area contributed by atoms with Gasteiger partial charge in [-0.25, -0.2) is 0 Å². The van der Waals surface area contributed by atoms with Crippen molar-refractivity contribution < 1.29 is 14.3 Å². The number of nitrogens with one attached hydrogen (secondary N) is 1. The van der Waals surface area contributed by atoms with Gasteiger partial charge >= 0.3 is 0 Å². The molecule has 1 fully saturated rings. The molecule has 7 heteroatoms. The van der Waals surface area contributed by atoms with Gasteiger partial charge in [-0.1, -0.05) is 0 Å². The Hall–Kier alpha value is -1.05. The Labute approximate surface area is 157 Å². The van der Waals surface area contributed by atoms with Crippen LogP contribution in [-0.4, -0.2) is 54.5 Å². The monoisotopic (exact) mass is 382 g/mol. The molecule has 25 heavy (non-hydrogen) atoms. The minimum absolute atomic E-state index is 0.0421. The van der Waals surface area contributed by atoms with Gasteiger partial charge in [0.1, 0.15) is 6.04 Å². The van der Waals surface area contributed by atoms with E-state index in [1.165, 1.54) is 17.4 Å².